The van der Waals surface area contributed by atoms with E-state index in [1.807, 2.05) is 18.2 Å². The Labute approximate surface area is 179 Å². The molecule has 1 atom stereocenters. The van der Waals surface area contributed by atoms with E-state index < -0.39 is 0 Å². The van der Waals surface area contributed by atoms with Gasteiger partial charge < -0.3 is 34.5 Å². The van der Waals surface area contributed by atoms with Crippen molar-refractivity contribution >= 4 is 11.6 Å². The quantitative estimate of drug-likeness (QED) is 0.342. The first-order valence-electron chi connectivity index (χ1n) is 11.0. The van der Waals surface area contributed by atoms with E-state index in [1.54, 1.807) is 7.11 Å². The van der Waals surface area contributed by atoms with Gasteiger partial charge in [-0.25, -0.2) is 0 Å². The number of ether oxygens (including phenoxy) is 4. The molecule has 3 rings (SSSR count). The van der Waals surface area contributed by atoms with Gasteiger partial charge in [-0.15, -0.1) is 0 Å². The molecule has 0 bridgehead atoms. The number of fused-ring (bicyclic) bond motifs is 1. The van der Waals surface area contributed by atoms with Gasteiger partial charge in [0.1, 0.15) is 0 Å². The van der Waals surface area contributed by atoms with Crippen molar-refractivity contribution in [2.75, 3.05) is 72.1 Å². The fraction of sp³-hybridized carbons (Fsp3) is 0.682. The van der Waals surface area contributed by atoms with Crippen LogP contribution >= 0.6 is 0 Å². The number of methoxy groups -OCH3 is 1. The highest BCUT2D eigenvalue weighted by Gasteiger charge is 2.20. The molecular formula is C22H36N4O4. The van der Waals surface area contributed by atoms with Gasteiger partial charge in [0, 0.05) is 44.5 Å². The standard InChI is InChI=1S/C22H36N4O4/c1-26-10-3-6-19(26)17-24-22(23-9-4-11-28-15-14-27-2)25-18-7-8-20-21(16-18)30-13-5-12-29-20/h7-8,16,19H,3-6,9-15,17H2,1-2H3,(H2,23,24,25). The Hall–Kier alpha value is -2.03. The first-order valence-corrected chi connectivity index (χ1v) is 11.0. The first-order chi connectivity index (χ1) is 14.8. The molecule has 1 unspecified atom stereocenters. The topological polar surface area (TPSA) is 76.6 Å². The number of aliphatic imine (C=N–C) groups is 1. The molecule has 1 aromatic carbocycles. The van der Waals surface area contributed by atoms with Crippen molar-refractivity contribution < 1.29 is 18.9 Å². The van der Waals surface area contributed by atoms with Crippen molar-refractivity contribution in [2.24, 2.45) is 4.99 Å². The van der Waals surface area contributed by atoms with Crippen molar-refractivity contribution in [1.82, 2.24) is 10.2 Å². The maximum Gasteiger partial charge on any atom is 0.195 e. The smallest absolute Gasteiger partial charge is 0.195 e. The number of benzene rings is 1. The molecule has 1 fully saturated rings. The maximum absolute atomic E-state index is 5.81. The normalized spacial score (nSPS) is 19.5. The average molecular weight is 421 g/mol. The molecule has 2 aliphatic rings. The van der Waals surface area contributed by atoms with E-state index in [4.69, 9.17) is 23.9 Å². The van der Waals surface area contributed by atoms with Crippen molar-refractivity contribution in [3.8, 4) is 11.5 Å². The van der Waals surface area contributed by atoms with E-state index in [1.165, 1.54) is 12.8 Å². The number of anilines is 1. The molecule has 2 heterocycles. The Morgan fingerprint density at radius 3 is 2.83 bits per heavy atom. The minimum Gasteiger partial charge on any atom is -0.490 e. The van der Waals surface area contributed by atoms with Crippen LogP contribution in [0.4, 0.5) is 5.69 Å². The number of rotatable bonds is 10. The third kappa shape index (κ3) is 7.34. The van der Waals surface area contributed by atoms with Crippen molar-refractivity contribution in [1.29, 1.82) is 0 Å². The van der Waals surface area contributed by atoms with Crippen LogP contribution in [-0.2, 0) is 9.47 Å². The monoisotopic (exact) mass is 420 g/mol. The van der Waals surface area contributed by atoms with Gasteiger partial charge in [0.2, 0.25) is 0 Å². The average Bonchev–Trinajstić information content (AvgIpc) is 3.02. The summed E-state index contributed by atoms with van der Waals surface area (Å²) in [5.74, 6) is 2.35. The second-order valence-corrected chi connectivity index (χ2v) is 7.69. The number of hydrogen-bond donors (Lipinski definition) is 2. The van der Waals surface area contributed by atoms with Crippen LogP contribution in [0.1, 0.15) is 25.7 Å². The zero-order chi connectivity index (χ0) is 21.0. The summed E-state index contributed by atoms with van der Waals surface area (Å²) in [5.41, 5.74) is 0.932. The van der Waals surface area contributed by atoms with Crippen molar-refractivity contribution in [2.45, 2.75) is 31.7 Å². The summed E-state index contributed by atoms with van der Waals surface area (Å²) >= 11 is 0. The number of likely N-dealkylation sites (tertiary alicyclic amines) is 1. The number of nitrogens with one attached hydrogen (secondary N) is 2. The fourth-order valence-corrected chi connectivity index (χ4v) is 3.55. The number of likely N-dealkylation sites (N-methyl/N-ethyl adjacent to an activating group) is 1. The van der Waals surface area contributed by atoms with E-state index in [-0.39, 0.29) is 0 Å². The summed E-state index contributed by atoms with van der Waals surface area (Å²) in [5, 5.41) is 6.85. The Morgan fingerprint density at radius 2 is 2.03 bits per heavy atom. The number of nitrogens with zero attached hydrogens (tertiary/aromatic N) is 2. The molecule has 0 spiro atoms. The lowest BCUT2D eigenvalue weighted by Gasteiger charge is -2.19. The maximum atomic E-state index is 5.81. The predicted octanol–water partition coefficient (Wildman–Crippen LogP) is 2.35. The summed E-state index contributed by atoms with van der Waals surface area (Å²) in [4.78, 5) is 7.24. The predicted molar refractivity (Wildman–Crippen MR) is 119 cm³/mol. The lowest BCUT2D eigenvalue weighted by Crippen LogP contribution is -2.34. The molecule has 0 aliphatic carbocycles. The van der Waals surface area contributed by atoms with Crippen LogP contribution in [0.25, 0.3) is 0 Å². The summed E-state index contributed by atoms with van der Waals surface area (Å²) in [6.45, 7) is 6.02. The Morgan fingerprint density at radius 1 is 1.17 bits per heavy atom. The highest BCUT2D eigenvalue weighted by Crippen LogP contribution is 2.32. The second kappa shape index (κ2) is 12.6. The molecule has 1 aromatic rings. The van der Waals surface area contributed by atoms with E-state index in [0.717, 1.165) is 55.6 Å². The van der Waals surface area contributed by atoms with E-state index in [2.05, 4.69) is 22.6 Å². The zero-order valence-corrected chi connectivity index (χ0v) is 18.3. The van der Waals surface area contributed by atoms with Crippen LogP contribution in [0.2, 0.25) is 0 Å². The van der Waals surface area contributed by atoms with E-state index in [9.17, 15) is 0 Å². The SMILES string of the molecule is COCCOCCCNC(=NCC1CCCN1C)Nc1ccc2c(c1)OCCCO2. The van der Waals surface area contributed by atoms with Gasteiger partial charge in [-0.2, -0.15) is 0 Å². The highest BCUT2D eigenvalue weighted by atomic mass is 16.5. The first kappa shape index (κ1) is 22.7. The van der Waals surface area contributed by atoms with Crippen LogP contribution in [0.5, 0.6) is 11.5 Å². The van der Waals surface area contributed by atoms with Gasteiger partial charge in [0.25, 0.3) is 0 Å². The number of hydrogen-bond acceptors (Lipinski definition) is 6. The van der Waals surface area contributed by atoms with E-state index in [0.29, 0.717) is 39.1 Å². The molecular weight excluding hydrogens is 384 g/mol. The van der Waals surface area contributed by atoms with Gasteiger partial charge in [0.15, 0.2) is 17.5 Å². The zero-order valence-electron chi connectivity index (χ0n) is 18.3. The Balaban J connectivity index is 1.56. The largest absolute Gasteiger partial charge is 0.490 e. The van der Waals surface area contributed by atoms with Gasteiger partial charge in [0.05, 0.1) is 33.0 Å². The minimum absolute atomic E-state index is 0.504. The number of guanidine groups is 1. The second-order valence-electron chi connectivity index (χ2n) is 7.69. The lowest BCUT2D eigenvalue weighted by atomic mass is 10.2. The van der Waals surface area contributed by atoms with Crippen LogP contribution in [-0.4, -0.2) is 83.7 Å². The van der Waals surface area contributed by atoms with E-state index >= 15 is 0 Å². The third-order valence-electron chi connectivity index (χ3n) is 5.33. The highest BCUT2D eigenvalue weighted by molar-refractivity contribution is 5.94. The Kier molecular flexibility index (Phi) is 9.53. The summed E-state index contributed by atoms with van der Waals surface area (Å²) in [6.07, 6.45) is 4.24. The van der Waals surface area contributed by atoms with Gasteiger partial charge in [-0.05, 0) is 45.0 Å². The summed E-state index contributed by atoms with van der Waals surface area (Å²) in [7, 11) is 3.86. The third-order valence-corrected chi connectivity index (χ3v) is 5.33. The van der Waals surface area contributed by atoms with Gasteiger partial charge in [-0.1, -0.05) is 0 Å². The van der Waals surface area contributed by atoms with Crippen LogP contribution in [0, 0.1) is 0 Å². The van der Waals surface area contributed by atoms with Crippen molar-refractivity contribution in [3.05, 3.63) is 18.2 Å². The van der Waals surface area contributed by atoms with Crippen LogP contribution in [0.15, 0.2) is 23.2 Å². The molecule has 168 valence electrons. The summed E-state index contributed by atoms with van der Waals surface area (Å²) < 4.78 is 22.1. The lowest BCUT2D eigenvalue weighted by molar-refractivity contribution is 0.0699. The molecule has 0 saturated carbocycles. The molecule has 1 saturated heterocycles. The van der Waals surface area contributed by atoms with Crippen LogP contribution in [0.3, 0.4) is 0 Å². The molecule has 8 heteroatoms. The van der Waals surface area contributed by atoms with Gasteiger partial charge in [-0.3, -0.25) is 4.99 Å². The van der Waals surface area contributed by atoms with Gasteiger partial charge >= 0.3 is 0 Å². The fourth-order valence-electron chi connectivity index (χ4n) is 3.55. The minimum atomic E-state index is 0.504. The molecule has 0 aromatic heterocycles. The molecule has 8 nitrogen and oxygen atoms in total. The molecule has 2 N–H and O–H groups in total. The van der Waals surface area contributed by atoms with Crippen LogP contribution < -0.4 is 20.1 Å². The summed E-state index contributed by atoms with van der Waals surface area (Å²) in [6, 6.07) is 6.44. The molecule has 0 amide bonds. The molecule has 2 aliphatic heterocycles. The van der Waals surface area contributed by atoms with Crippen molar-refractivity contribution in [3.63, 3.8) is 0 Å². The Bertz CT molecular complexity index is 671. The molecule has 30 heavy (non-hydrogen) atoms. The molecule has 0 radical (unpaired) electrons.